The maximum absolute atomic E-state index is 14.1. The lowest BCUT2D eigenvalue weighted by molar-refractivity contribution is 0.0178. The van der Waals surface area contributed by atoms with Gasteiger partial charge in [-0.3, -0.25) is 0 Å². The zero-order valence-corrected chi connectivity index (χ0v) is 15.9. The quantitative estimate of drug-likeness (QED) is 0.552. The van der Waals surface area contributed by atoms with Crippen LogP contribution >= 0.6 is 0 Å². The van der Waals surface area contributed by atoms with Gasteiger partial charge in [-0.1, -0.05) is 24.3 Å². The summed E-state index contributed by atoms with van der Waals surface area (Å²) in [5, 5.41) is 6.60. The van der Waals surface area contributed by atoms with Crippen LogP contribution in [0.1, 0.15) is 12.5 Å². The van der Waals surface area contributed by atoms with Gasteiger partial charge in [0, 0.05) is 36.8 Å². The van der Waals surface area contributed by atoms with Gasteiger partial charge in [0.1, 0.15) is 17.3 Å². The minimum atomic E-state index is -3.19. The highest BCUT2D eigenvalue weighted by Gasteiger charge is 2.29. The van der Waals surface area contributed by atoms with Crippen molar-refractivity contribution in [3.05, 3.63) is 78.1 Å². The molecule has 6 heteroatoms. The molecule has 3 aromatic rings. The van der Waals surface area contributed by atoms with Crippen molar-refractivity contribution < 1.29 is 17.9 Å². The van der Waals surface area contributed by atoms with Crippen LogP contribution in [-0.2, 0) is 5.92 Å². The predicted octanol–water partition coefficient (Wildman–Crippen LogP) is 5.78. The Hall–Kier alpha value is -2.99. The summed E-state index contributed by atoms with van der Waals surface area (Å²) in [6.45, 7) is 2.64. The smallest absolute Gasteiger partial charge is 0.271 e. The lowest BCUT2D eigenvalue weighted by Gasteiger charge is -2.29. The number of anilines is 1. The minimum absolute atomic E-state index is 0.241. The molecule has 29 heavy (non-hydrogen) atoms. The topological polar surface area (TPSA) is 33.3 Å². The van der Waals surface area contributed by atoms with Crippen molar-refractivity contribution in [3.63, 3.8) is 0 Å². The zero-order chi connectivity index (χ0) is 20.4. The first kappa shape index (κ1) is 19.3. The third-order valence-corrected chi connectivity index (χ3v) is 4.87. The molecule has 0 atom stereocenters. The Labute approximate surface area is 167 Å². The van der Waals surface area contributed by atoms with E-state index < -0.39 is 11.7 Å². The molecular formula is C23H21F3N2O. The first-order chi connectivity index (χ1) is 13.9. The summed E-state index contributed by atoms with van der Waals surface area (Å²) < 4.78 is 47.8. The molecule has 1 heterocycles. The molecule has 1 aliphatic heterocycles. The van der Waals surface area contributed by atoms with E-state index in [1.165, 1.54) is 12.1 Å². The lowest BCUT2D eigenvalue weighted by Crippen LogP contribution is -2.51. The number of nitrogens with one attached hydrogen (secondary N) is 2. The first-order valence-electron chi connectivity index (χ1n) is 9.42. The van der Waals surface area contributed by atoms with Gasteiger partial charge in [0.15, 0.2) is 0 Å². The van der Waals surface area contributed by atoms with Gasteiger partial charge in [0.2, 0.25) is 0 Å². The molecule has 0 radical (unpaired) electrons. The van der Waals surface area contributed by atoms with Crippen LogP contribution in [0.15, 0.2) is 66.7 Å². The first-order valence-corrected chi connectivity index (χ1v) is 9.42. The number of halogens is 3. The molecule has 3 nitrogen and oxygen atoms in total. The van der Waals surface area contributed by atoms with E-state index in [0.717, 1.165) is 31.8 Å². The highest BCUT2D eigenvalue weighted by atomic mass is 19.3. The maximum Gasteiger partial charge on any atom is 0.271 e. The summed E-state index contributed by atoms with van der Waals surface area (Å²) >= 11 is 0. The maximum atomic E-state index is 14.1. The van der Waals surface area contributed by atoms with Gasteiger partial charge in [-0.25, -0.2) is 13.2 Å². The van der Waals surface area contributed by atoms with E-state index in [0.29, 0.717) is 23.1 Å². The van der Waals surface area contributed by atoms with Crippen LogP contribution in [0, 0.1) is 5.82 Å². The van der Waals surface area contributed by atoms with Gasteiger partial charge in [0.25, 0.3) is 5.92 Å². The zero-order valence-electron chi connectivity index (χ0n) is 15.9. The van der Waals surface area contributed by atoms with Gasteiger partial charge < -0.3 is 15.4 Å². The van der Waals surface area contributed by atoms with Crippen LogP contribution in [0.3, 0.4) is 0 Å². The van der Waals surface area contributed by atoms with Crippen LogP contribution in [0.4, 0.5) is 18.9 Å². The van der Waals surface area contributed by atoms with Crippen molar-refractivity contribution in [2.45, 2.75) is 18.9 Å². The molecule has 1 aliphatic rings. The molecule has 0 saturated carbocycles. The molecule has 1 saturated heterocycles. The summed E-state index contributed by atoms with van der Waals surface area (Å²) in [6, 6.07) is 18.2. The minimum Gasteiger partial charge on any atom is -0.457 e. The van der Waals surface area contributed by atoms with E-state index in [-0.39, 0.29) is 11.1 Å². The predicted molar refractivity (Wildman–Crippen MR) is 108 cm³/mol. The summed E-state index contributed by atoms with van der Waals surface area (Å²) in [7, 11) is 0. The molecule has 1 fully saturated rings. The molecule has 3 aromatic carbocycles. The molecule has 0 aliphatic carbocycles. The van der Waals surface area contributed by atoms with Crippen LogP contribution < -0.4 is 15.4 Å². The van der Waals surface area contributed by atoms with E-state index in [1.54, 1.807) is 24.3 Å². The number of hydrogen-bond donors (Lipinski definition) is 2. The average molecular weight is 398 g/mol. The van der Waals surface area contributed by atoms with Crippen molar-refractivity contribution in [3.8, 4) is 22.6 Å². The fourth-order valence-electron chi connectivity index (χ4n) is 3.27. The fraction of sp³-hybridized carbons (Fsp3) is 0.217. The number of hydrogen-bond acceptors (Lipinski definition) is 3. The summed E-state index contributed by atoms with van der Waals surface area (Å²) in [5.74, 6) is -2.88. The molecule has 0 aromatic heterocycles. The fourth-order valence-corrected chi connectivity index (χ4v) is 3.27. The monoisotopic (exact) mass is 398 g/mol. The third-order valence-electron chi connectivity index (χ3n) is 4.87. The SMILES string of the molecule is CC(F)(F)c1cc(F)ccc1-c1ccccc1Oc1ccc(NC2CNC2)cc1. The molecule has 0 unspecified atom stereocenters. The molecule has 2 N–H and O–H groups in total. The second kappa shape index (κ2) is 7.79. The van der Waals surface area contributed by atoms with E-state index in [9.17, 15) is 13.2 Å². The van der Waals surface area contributed by atoms with Crippen LogP contribution in [0.5, 0.6) is 11.5 Å². The number of rotatable bonds is 6. The molecule has 150 valence electrons. The lowest BCUT2D eigenvalue weighted by atomic mass is 9.95. The largest absolute Gasteiger partial charge is 0.457 e. The standard InChI is InChI=1S/C23H21F3N2O/c1-23(25,26)21-12-15(24)6-11-19(21)20-4-2-3-5-22(20)29-18-9-7-16(8-10-18)28-17-13-27-14-17/h2-12,17,27-28H,13-14H2,1H3. The number of para-hydroxylation sites is 1. The Morgan fingerprint density at radius 1 is 0.966 bits per heavy atom. The van der Waals surface area contributed by atoms with Crippen LogP contribution in [-0.4, -0.2) is 19.1 Å². The Morgan fingerprint density at radius 3 is 2.34 bits per heavy atom. The summed E-state index contributed by atoms with van der Waals surface area (Å²) in [5.41, 5.74) is 1.34. The van der Waals surface area contributed by atoms with Crippen molar-refractivity contribution in [1.82, 2.24) is 5.32 Å². The second-order valence-electron chi connectivity index (χ2n) is 7.20. The van der Waals surface area contributed by atoms with Crippen LogP contribution in [0.2, 0.25) is 0 Å². The highest BCUT2D eigenvalue weighted by molar-refractivity contribution is 5.74. The van der Waals surface area contributed by atoms with E-state index in [4.69, 9.17) is 4.74 Å². The van der Waals surface area contributed by atoms with Crippen molar-refractivity contribution in [2.75, 3.05) is 18.4 Å². The molecular weight excluding hydrogens is 377 g/mol. The number of alkyl halides is 2. The molecule has 0 spiro atoms. The Kier molecular flexibility index (Phi) is 5.20. The van der Waals surface area contributed by atoms with Gasteiger partial charge in [-0.05, 0) is 48.0 Å². The Morgan fingerprint density at radius 2 is 1.69 bits per heavy atom. The summed E-state index contributed by atoms with van der Waals surface area (Å²) in [4.78, 5) is 0. The number of benzene rings is 3. The molecule has 0 bridgehead atoms. The third kappa shape index (κ3) is 4.38. The average Bonchev–Trinajstić information content (AvgIpc) is 2.66. The number of ether oxygens (including phenoxy) is 1. The Balaban J connectivity index is 1.63. The highest BCUT2D eigenvalue weighted by Crippen LogP contribution is 2.40. The normalized spacial score (nSPS) is 14.3. The van der Waals surface area contributed by atoms with Crippen molar-refractivity contribution in [2.24, 2.45) is 0 Å². The second-order valence-corrected chi connectivity index (χ2v) is 7.20. The molecule has 0 amide bonds. The Bertz CT molecular complexity index is 996. The van der Waals surface area contributed by atoms with E-state index in [2.05, 4.69) is 10.6 Å². The van der Waals surface area contributed by atoms with Crippen molar-refractivity contribution >= 4 is 5.69 Å². The van der Waals surface area contributed by atoms with Gasteiger partial charge in [0.05, 0.1) is 6.04 Å². The van der Waals surface area contributed by atoms with Gasteiger partial charge in [-0.15, -0.1) is 0 Å². The molecule has 4 rings (SSSR count). The van der Waals surface area contributed by atoms with Crippen LogP contribution in [0.25, 0.3) is 11.1 Å². The summed E-state index contributed by atoms with van der Waals surface area (Å²) in [6.07, 6.45) is 0. The van der Waals surface area contributed by atoms with Crippen molar-refractivity contribution in [1.29, 1.82) is 0 Å². The van der Waals surface area contributed by atoms with Gasteiger partial charge >= 0.3 is 0 Å². The van der Waals surface area contributed by atoms with E-state index >= 15 is 0 Å². The van der Waals surface area contributed by atoms with Gasteiger partial charge in [-0.2, -0.15) is 0 Å². The van der Waals surface area contributed by atoms with E-state index in [1.807, 2.05) is 24.3 Å².